The monoisotopic (exact) mass is 548 g/mol. The number of aromatic nitrogens is 2. The summed E-state index contributed by atoms with van der Waals surface area (Å²) in [5, 5.41) is 4.94. The Kier molecular flexibility index (Phi) is 8.01. The van der Waals surface area contributed by atoms with Crippen molar-refractivity contribution >= 4 is 29.6 Å². The van der Waals surface area contributed by atoms with Gasteiger partial charge in [0, 0.05) is 30.1 Å². The Labute approximate surface area is 226 Å². The van der Waals surface area contributed by atoms with E-state index in [4.69, 9.17) is 21.1 Å². The van der Waals surface area contributed by atoms with Gasteiger partial charge in [-0.25, -0.2) is 14.0 Å². The molecule has 1 fully saturated rings. The van der Waals surface area contributed by atoms with E-state index in [9.17, 15) is 18.8 Å². The van der Waals surface area contributed by atoms with Gasteiger partial charge in [0.05, 0.1) is 31.6 Å². The first-order valence-electron chi connectivity index (χ1n) is 12.7. The van der Waals surface area contributed by atoms with Crippen molar-refractivity contribution in [1.29, 1.82) is 0 Å². The number of nitrogens with zero attached hydrogens (tertiary/aromatic N) is 4. The highest BCUT2D eigenvalue weighted by Crippen LogP contribution is 2.31. The Morgan fingerprint density at radius 3 is 2.63 bits per heavy atom. The summed E-state index contributed by atoms with van der Waals surface area (Å²) in [6, 6.07) is 3.77. The molecule has 206 valence electrons. The van der Waals surface area contributed by atoms with Crippen LogP contribution >= 0.6 is 11.6 Å². The highest BCUT2D eigenvalue weighted by molar-refractivity contribution is 6.30. The maximum atomic E-state index is 14.4. The molecule has 1 saturated heterocycles. The van der Waals surface area contributed by atoms with Gasteiger partial charge in [-0.15, -0.1) is 0 Å². The molecule has 0 saturated carbocycles. The molecular weight excluding hydrogens is 515 g/mol. The molecule has 2 aromatic rings. The van der Waals surface area contributed by atoms with Crippen LogP contribution in [0.4, 0.5) is 9.18 Å². The van der Waals surface area contributed by atoms with Crippen molar-refractivity contribution in [2.75, 3.05) is 20.2 Å². The minimum absolute atomic E-state index is 0.0709. The number of esters is 1. The van der Waals surface area contributed by atoms with Crippen molar-refractivity contribution in [2.45, 2.75) is 71.7 Å². The average molecular weight is 549 g/mol. The molecule has 1 unspecified atom stereocenters. The number of methoxy groups -OCH3 is 1. The number of rotatable bonds is 5. The van der Waals surface area contributed by atoms with E-state index < -0.39 is 29.5 Å². The van der Waals surface area contributed by atoms with Gasteiger partial charge in [-0.3, -0.25) is 14.4 Å². The lowest BCUT2D eigenvalue weighted by Gasteiger charge is -2.29. The minimum atomic E-state index is -0.793. The van der Waals surface area contributed by atoms with Crippen LogP contribution in [-0.4, -0.2) is 69.4 Å². The highest BCUT2D eigenvalue weighted by Gasteiger charge is 2.43. The quantitative estimate of drug-likeness (QED) is 0.522. The van der Waals surface area contributed by atoms with Gasteiger partial charge in [-0.1, -0.05) is 17.7 Å². The van der Waals surface area contributed by atoms with E-state index >= 15 is 0 Å². The molecule has 2 aliphatic rings. The second-order valence-electron chi connectivity index (χ2n) is 10.9. The number of carbonyl (C=O) groups is 3. The van der Waals surface area contributed by atoms with E-state index in [1.54, 1.807) is 42.5 Å². The first kappa shape index (κ1) is 27.9. The fraction of sp³-hybridized carbons (Fsp3) is 0.556. The zero-order valence-corrected chi connectivity index (χ0v) is 23.2. The van der Waals surface area contributed by atoms with Crippen molar-refractivity contribution in [3.63, 3.8) is 0 Å². The highest BCUT2D eigenvalue weighted by atomic mass is 35.5. The Morgan fingerprint density at radius 2 is 1.97 bits per heavy atom. The first-order valence-corrected chi connectivity index (χ1v) is 13.1. The summed E-state index contributed by atoms with van der Waals surface area (Å²) in [5.74, 6) is -1.21. The van der Waals surface area contributed by atoms with Crippen LogP contribution in [0.1, 0.15) is 56.1 Å². The summed E-state index contributed by atoms with van der Waals surface area (Å²) in [4.78, 5) is 41.6. The molecule has 38 heavy (non-hydrogen) atoms. The zero-order chi connectivity index (χ0) is 27.8. The van der Waals surface area contributed by atoms with Gasteiger partial charge in [0.15, 0.2) is 0 Å². The molecule has 2 atom stereocenters. The third kappa shape index (κ3) is 6.11. The Morgan fingerprint density at radius 1 is 1.24 bits per heavy atom. The van der Waals surface area contributed by atoms with Crippen LogP contribution in [0.5, 0.6) is 0 Å². The van der Waals surface area contributed by atoms with Crippen molar-refractivity contribution in [3.8, 4) is 0 Å². The van der Waals surface area contributed by atoms with Crippen molar-refractivity contribution in [2.24, 2.45) is 5.92 Å². The summed E-state index contributed by atoms with van der Waals surface area (Å²) < 4.78 is 26.6. The summed E-state index contributed by atoms with van der Waals surface area (Å²) in [6.07, 6.45) is 0.555. The third-order valence-electron chi connectivity index (χ3n) is 6.98. The predicted molar refractivity (Wildman–Crippen MR) is 138 cm³/mol. The molecule has 9 nitrogen and oxygen atoms in total. The number of carbonyl (C=O) groups excluding carboxylic acids is 3. The van der Waals surface area contributed by atoms with Crippen LogP contribution < -0.4 is 0 Å². The molecule has 0 aliphatic carbocycles. The molecule has 2 aliphatic heterocycles. The minimum Gasteiger partial charge on any atom is -0.467 e. The van der Waals surface area contributed by atoms with Crippen molar-refractivity contribution in [3.05, 3.63) is 51.6 Å². The summed E-state index contributed by atoms with van der Waals surface area (Å²) in [7, 11) is 1.28. The topological polar surface area (TPSA) is 94.0 Å². The third-order valence-corrected chi connectivity index (χ3v) is 7.22. The number of fused-ring (bicyclic) bond motifs is 1. The predicted octanol–water partition coefficient (Wildman–Crippen LogP) is 4.11. The van der Waals surface area contributed by atoms with Gasteiger partial charge in [0.1, 0.15) is 17.5 Å². The smallest absolute Gasteiger partial charge is 0.411 e. The van der Waals surface area contributed by atoms with E-state index in [1.165, 1.54) is 18.1 Å². The molecular formula is C27H34ClFN4O5. The van der Waals surface area contributed by atoms with Crippen LogP contribution in [-0.2, 0) is 38.6 Å². The van der Waals surface area contributed by atoms with Crippen LogP contribution in [0.2, 0.25) is 5.02 Å². The number of halogens is 2. The lowest BCUT2D eigenvalue weighted by atomic mass is 9.99. The number of ether oxygens (including phenoxy) is 2. The van der Waals surface area contributed by atoms with Gasteiger partial charge in [0.2, 0.25) is 5.91 Å². The number of amides is 2. The second kappa shape index (κ2) is 10.9. The largest absolute Gasteiger partial charge is 0.467 e. The lowest BCUT2D eigenvalue weighted by Crippen LogP contribution is -2.44. The molecule has 3 heterocycles. The molecule has 0 N–H and O–H groups in total. The van der Waals surface area contributed by atoms with Crippen LogP contribution in [0.15, 0.2) is 18.2 Å². The SMILES string of the molecule is COC(=O)[C@@H]1CC(CC(=O)N2CCc3c(C)nn(Cc4ccc(Cl)cc4F)c3C2)CN1C(=O)OC(C)(C)C. The summed E-state index contributed by atoms with van der Waals surface area (Å²) in [6.45, 7) is 8.54. The van der Waals surface area contributed by atoms with E-state index in [0.29, 0.717) is 36.5 Å². The molecule has 4 rings (SSSR count). The molecule has 0 spiro atoms. The van der Waals surface area contributed by atoms with Crippen molar-refractivity contribution in [1.82, 2.24) is 19.6 Å². The van der Waals surface area contributed by atoms with Gasteiger partial charge in [0.25, 0.3) is 0 Å². The van der Waals surface area contributed by atoms with E-state index in [-0.39, 0.29) is 31.3 Å². The molecule has 11 heteroatoms. The number of aryl methyl sites for hydroxylation is 1. The standard InChI is InChI=1S/C27H34ClFN4O5/c1-16-20-8-9-31(15-23(20)33(30-16)14-18-6-7-19(28)12-21(18)29)24(34)11-17-10-22(25(35)37-5)32(13-17)26(36)38-27(2,3)4/h6-7,12,17,22H,8-11,13-15H2,1-5H3/t17?,22-/m0/s1. The van der Waals surface area contributed by atoms with Gasteiger partial charge < -0.3 is 14.4 Å². The Hall–Kier alpha value is -3.14. The van der Waals surface area contributed by atoms with Crippen LogP contribution in [0, 0.1) is 18.7 Å². The summed E-state index contributed by atoms with van der Waals surface area (Å²) >= 11 is 5.89. The van der Waals surface area contributed by atoms with Crippen LogP contribution in [0.25, 0.3) is 0 Å². The van der Waals surface area contributed by atoms with Gasteiger partial charge in [-0.2, -0.15) is 5.10 Å². The van der Waals surface area contributed by atoms with Crippen LogP contribution in [0.3, 0.4) is 0 Å². The van der Waals surface area contributed by atoms with E-state index in [2.05, 4.69) is 5.10 Å². The summed E-state index contributed by atoms with van der Waals surface area (Å²) in [5.41, 5.74) is 2.57. The molecule has 2 amide bonds. The molecule has 0 radical (unpaired) electrons. The number of hydrogen-bond acceptors (Lipinski definition) is 6. The normalized spacial score (nSPS) is 19.3. The number of likely N-dealkylation sites (tertiary alicyclic amines) is 1. The molecule has 1 aromatic heterocycles. The Balaban J connectivity index is 1.45. The van der Waals surface area contributed by atoms with E-state index in [1.807, 2.05) is 6.92 Å². The molecule has 0 bridgehead atoms. The fourth-order valence-corrected chi connectivity index (χ4v) is 5.32. The van der Waals surface area contributed by atoms with Gasteiger partial charge in [-0.05, 0) is 64.2 Å². The zero-order valence-electron chi connectivity index (χ0n) is 22.4. The maximum Gasteiger partial charge on any atom is 0.411 e. The second-order valence-corrected chi connectivity index (χ2v) is 11.4. The van der Waals surface area contributed by atoms with Crippen molar-refractivity contribution < 1.29 is 28.2 Å². The lowest BCUT2D eigenvalue weighted by molar-refractivity contribution is -0.145. The van der Waals surface area contributed by atoms with E-state index in [0.717, 1.165) is 17.0 Å². The first-order chi connectivity index (χ1) is 17.9. The Bertz CT molecular complexity index is 1240. The fourth-order valence-electron chi connectivity index (χ4n) is 5.16. The number of benzene rings is 1. The van der Waals surface area contributed by atoms with Gasteiger partial charge >= 0.3 is 12.1 Å². The molecule has 1 aromatic carbocycles. The maximum absolute atomic E-state index is 14.4. The number of hydrogen-bond donors (Lipinski definition) is 0. The average Bonchev–Trinajstić information content (AvgIpc) is 3.40.